The number of nitrogens with one attached hydrogen (secondary N) is 4. The van der Waals surface area contributed by atoms with E-state index in [1.54, 1.807) is 84.0 Å². The number of benzene rings is 3. The molecule has 3 aromatic rings. The van der Waals surface area contributed by atoms with Gasteiger partial charge in [-0.05, 0) is 127 Å². The second-order valence-corrected chi connectivity index (χ2v) is 23.2. The molecular weight excluding hydrogens is 1050 g/mol. The number of primary amides is 1. The molecule has 4 rings (SSSR count). The van der Waals surface area contributed by atoms with Gasteiger partial charge in [-0.15, -0.1) is 0 Å². The zero-order valence-corrected chi connectivity index (χ0v) is 50.1. The van der Waals surface area contributed by atoms with Crippen molar-refractivity contribution in [2.24, 2.45) is 23.5 Å². The maximum absolute atomic E-state index is 15.3. The zero-order chi connectivity index (χ0) is 60.9. The van der Waals surface area contributed by atoms with Crippen molar-refractivity contribution in [1.82, 2.24) is 26.3 Å². The Morgan fingerprint density at radius 3 is 2.00 bits per heavy atom. The minimum absolute atomic E-state index is 0.0120. The SMILES string of the molecule is CCCCCCCc1ccc(C(=O)C[C@@H](CCNC(=O)OC(C)(C)C)C(=O)N(C)[C@@H]2C(=O)C[C@@H](C)C(=O)N[C@H](C(=O)C[C@@H](C)C(=O)NOC(N)=O)Cc3ccc(OCCNC(=O)OC(C)(C)C)c(c3)-c3cc2ccc3OCCC)c(C)c1. The number of aryl methyl sites for hydroxylation is 2. The molecule has 5 atom stereocenters. The number of amides is 6. The number of ketones is 3. The lowest BCUT2D eigenvalue weighted by Crippen LogP contribution is -2.46. The Balaban J connectivity index is 1.87. The molecule has 0 unspecified atom stereocenters. The second-order valence-electron chi connectivity index (χ2n) is 23.2. The van der Waals surface area contributed by atoms with Gasteiger partial charge in [-0.25, -0.2) is 14.4 Å². The Bertz CT molecular complexity index is 2730. The number of rotatable bonds is 25. The molecule has 1 aliphatic rings. The molecule has 20 heteroatoms. The molecule has 20 nitrogen and oxygen atoms in total. The summed E-state index contributed by atoms with van der Waals surface area (Å²) < 4.78 is 23.6. The normalized spacial score (nSPS) is 16.2. The van der Waals surface area contributed by atoms with E-state index in [0.717, 1.165) is 43.2 Å². The molecule has 0 fully saturated rings. The van der Waals surface area contributed by atoms with Gasteiger partial charge < -0.3 is 50.4 Å². The van der Waals surface area contributed by atoms with E-state index in [0.29, 0.717) is 45.7 Å². The molecule has 0 radical (unpaired) electrons. The number of carbonyl (C=O) groups excluding carboxylic acids is 9. The monoisotopic (exact) mass is 1140 g/mol. The lowest BCUT2D eigenvalue weighted by molar-refractivity contribution is -0.142. The number of hydrogen-bond acceptors (Lipinski definition) is 14. The van der Waals surface area contributed by atoms with Gasteiger partial charge in [0.05, 0.1) is 19.2 Å². The van der Waals surface area contributed by atoms with Crippen LogP contribution in [0.4, 0.5) is 14.4 Å². The number of Topliss-reactive ketones (excluding diaryl/α,β-unsaturated/α-hetero) is 3. The molecular formula is C62H88N6O14. The minimum Gasteiger partial charge on any atom is -0.493 e. The van der Waals surface area contributed by atoms with Crippen LogP contribution in [0.1, 0.15) is 172 Å². The van der Waals surface area contributed by atoms with E-state index in [4.69, 9.17) is 24.7 Å². The Labute approximate surface area is 483 Å². The van der Waals surface area contributed by atoms with Crippen LogP contribution in [0.25, 0.3) is 11.1 Å². The van der Waals surface area contributed by atoms with E-state index in [2.05, 4.69) is 27.7 Å². The predicted molar refractivity (Wildman–Crippen MR) is 310 cm³/mol. The average molecular weight is 1140 g/mol. The van der Waals surface area contributed by atoms with Crippen molar-refractivity contribution in [3.05, 3.63) is 82.4 Å². The first-order chi connectivity index (χ1) is 38.6. The number of fused-ring (bicyclic) bond motifs is 5. The molecule has 0 spiro atoms. The van der Waals surface area contributed by atoms with Crippen molar-refractivity contribution in [1.29, 1.82) is 0 Å². The predicted octanol–water partition coefficient (Wildman–Crippen LogP) is 9.53. The number of nitrogens with zero attached hydrogens (tertiary/aromatic N) is 1. The lowest BCUT2D eigenvalue weighted by atomic mass is 9.87. The molecule has 82 heavy (non-hydrogen) atoms. The first kappa shape index (κ1) is 67.0. The van der Waals surface area contributed by atoms with Gasteiger partial charge in [0.15, 0.2) is 17.3 Å². The van der Waals surface area contributed by atoms with Gasteiger partial charge in [0.25, 0.3) is 5.91 Å². The standard InChI is InChI=1S/C62H88N6O14/c1-13-15-16-17-18-19-41-20-23-45(38(3)31-41)49(69)37-44(26-27-64-59(76)80-61(6,7)8)57(74)68(12)54-43-22-25-53(78-29-14-2)47(36-43)46-34-42(21-24-52(46)79-30-28-65-60(77)81-62(9,10)11)35-48(66-55(72)39(4)33-51(54)71)50(70)32-40(5)56(73)67-82-58(63)75/h20-25,31,34,36,39-40,44,48,54H,13-19,26-30,32-33,35,37H2,1-12H3,(H2,63,75)(H,64,76)(H,65,77)(H,66,72)(H,67,73)/t39-,40-,44-,48+,54+/m1/s1. The summed E-state index contributed by atoms with van der Waals surface area (Å²) in [6.07, 6.45) is 3.30. The number of hydroxylamine groups is 1. The Morgan fingerprint density at radius 2 is 1.38 bits per heavy atom. The molecule has 0 saturated carbocycles. The van der Waals surface area contributed by atoms with Crippen LogP contribution < -0.4 is 36.6 Å². The van der Waals surface area contributed by atoms with Crippen molar-refractivity contribution in [2.75, 3.05) is 33.4 Å². The lowest BCUT2D eigenvalue weighted by Gasteiger charge is -2.32. The number of ether oxygens (including phenoxy) is 4. The highest BCUT2D eigenvalue weighted by molar-refractivity contribution is 6.01. The quantitative estimate of drug-likeness (QED) is 0.0229. The number of alkyl carbamates (subject to hydrolysis) is 2. The first-order valence-electron chi connectivity index (χ1n) is 28.6. The summed E-state index contributed by atoms with van der Waals surface area (Å²) in [6, 6.07) is 13.3. The number of unbranched alkanes of at least 4 members (excludes halogenated alkanes) is 4. The van der Waals surface area contributed by atoms with E-state index in [9.17, 15) is 33.6 Å². The summed E-state index contributed by atoms with van der Waals surface area (Å²) in [7, 11) is 1.46. The largest absolute Gasteiger partial charge is 0.493 e. The minimum atomic E-state index is -1.37. The zero-order valence-electron chi connectivity index (χ0n) is 50.1. The smallest absolute Gasteiger partial charge is 0.428 e. The van der Waals surface area contributed by atoms with Crippen LogP contribution in [-0.2, 0) is 51.1 Å². The molecule has 6 amide bonds. The van der Waals surface area contributed by atoms with Crippen LogP contribution in [0.15, 0.2) is 54.6 Å². The first-order valence-corrected chi connectivity index (χ1v) is 28.6. The Hall–Kier alpha value is -7.51. The third-order valence-electron chi connectivity index (χ3n) is 13.6. The fourth-order valence-electron chi connectivity index (χ4n) is 9.45. The highest BCUT2D eigenvalue weighted by Crippen LogP contribution is 2.41. The molecule has 6 N–H and O–H groups in total. The van der Waals surface area contributed by atoms with Crippen LogP contribution in [0.2, 0.25) is 0 Å². The summed E-state index contributed by atoms with van der Waals surface area (Å²) in [5.41, 5.74) is 9.44. The third kappa shape index (κ3) is 21.8. The van der Waals surface area contributed by atoms with Gasteiger partial charge in [0.2, 0.25) is 11.8 Å². The van der Waals surface area contributed by atoms with Gasteiger partial charge in [-0.3, -0.25) is 28.8 Å². The van der Waals surface area contributed by atoms with Crippen molar-refractivity contribution in [2.45, 2.75) is 176 Å². The second kappa shape index (κ2) is 31.6. The topological polar surface area (TPSA) is 277 Å². The number of nitrogens with two attached hydrogens (primary N) is 1. The summed E-state index contributed by atoms with van der Waals surface area (Å²) in [5, 5.41) is 8.22. The summed E-state index contributed by atoms with van der Waals surface area (Å²) in [5.74, 6) is -5.96. The van der Waals surface area contributed by atoms with Gasteiger partial charge >= 0.3 is 18.3 Å². The van der Waals surface area contributed by atoms with Crippen molar-refractivity contribution < 1.29 is 66.9 Å². The molecule has 0 aromatic heterocycles. The molecule has 450 valence electrons. The van der Waals surface area contributed by atoms with Crippen molar-refractivity contribution in [3.8, 4) is 22.6 Å². The van der Waals surface area contributed by atoms with E-state index >= 15 is 9.59 Å². The summed E-state index contributed by atoms with van der Waals surface area (Å²) in [4.78, 5) is 129. The van der Waals surface area contributed by atoms with Crippen LogP contribution in [-0.4, -0.2) is 109 Å². The Morgan fingerprint density at radius 1 is 0.756 bits per heavy atom. The fraction of sp³-hybridized carbons (Fsp3) is 0.565. The number of carbonyl (C=O) groups is 9. The maximum Gasteiger partial charge on any atom is 0.428 e. The summed E-state index contributed by atoms with van der Waals surface area (Å²) >= 11 is 0. The van der Waals surface area contributed by atoms with Crippen LogP contribution in [0, 0.1) is 24.7 Å². The molecule has 1 heterocycles. The van der Waals surface area contributed by atoms with Gasteiger partial charge in [0, 0.05) is 67.3 Å². The summed E-state index contributed by atoms with van der Waals surface area (Å²) in [6.45, 7) is 19.6. The maximum atomic E-state index is 15.3. The molecule has 0 aliphatic carbocycles. The molecule has 1 aliphatic heterocycles. The average Bonchev–Trinajstić information content (AvgIpc) is 3.60. The van der Waals surface area contributed by atoms with Crippen molar-refractivity contribution >= 4 is 53.4 Å². The van der Waals surface area contributed by atoms with E-state index in [-0.39, 0.29) is 51.3 Å². The molecule has 4 bridgehead atoms. The van der Waals surface area contributed by atoms with Gasteiger partial charge in [-0.2, -0.15) is 5.48 Å². The van der Waals surface area contributed by atoms with Crippen LogP contribution >= 0.6 is 0 Å². The van der Waals surface area contributed by atoms with Crippen LogP contribution in [0.5, 0.6) is 11.5 Å². The number of likely N-dealkylation sites (N-methyl/N-ethyl adjacent to an activating group) is 1. The Kier molecular flexibility index (Phi) is 25.8. The van der Waals surface area contributed by atoms with Gasteiger partial charge in [0.1, 0.15) is 35.3 Å². The third-order valence-corrected chi connectivity index (χ3v) is 13.6. The van der Waals surface area contributed by atoms with E-state index in [1.807, 2.05) is 31.5 Å². The van der Waals surface area contributed by atoms with E-state index in [1.165, 1.54) is 32.2 Å². The molecule has 0 saturated heterocycles. The number of hydrogen-bond donors (Lipinski definition) is 5. The highest BCUT2D eigenvalue weighted by Gasteiger charge is 2.37. The van der Waals surface area contributed by atoms with Crippen LogP contribution in [0.3, 0.4) is 0 Å². The molecule has 3 aromatic carbocycles. The van der Waals surface area contributed by atoms with Gasteiger partial charge in [-0.1, -0.05) is 83.7 Å². The fourth-order valence-corrected chi connectivity index (χ4v) is 9.45. The van der Waals surface area contributed by atoms with Crippen molar-refractivity contribution in [3.63, 3.8) is 0 Å². The van der Waals surface area contributed by atoms with E-state index < -0.39 is 101 Å². The highest BCUT2D eigenvalue weighted by atomic mass is 16.7.